The van der Waals surface area contributed by atoms with Crippen LogP contribution in [0.1, 0.15) is 66.2 Å². The summed E-state index contributed by atoms with van der Waals surface area (Å²) < 4.78 is 0. The molecule has 1 N–H and O–H groups in total. The first kappa shape index (κ1) is 14.0. The number of rotatable bonds is 9. The first-order valence-electron chi connectivity index (χ1n) is 6.39. The van der Waals surface area contributed by atoms with Crippen molar-refractivity contribution >= 4 is 0 Å². The van der Waals surface area contributed by atoms with Crippen LogP contribution in [-0.2, 0) is 0 Å². The topological polar surface area (TPSA) is 12.0 Å². The second kappa shape index (κ2) is 8.28. The van der Waals surface area contributed by atoms with E-state index >= 15 is 0 Å². The molecule has 0 radical (unpaired) electrons. The van der Waals surface area contributed by atoms with Crippen LogP contribution in [0, 0.1) is 5.41 Å². The van der Waals surface area contributed by atoms with E-state index in [1.807, 2.05) is 0 Å². The molecule has 0 amide bonds. The SMILES string of the molecule is CCCCCCC(C)(CC)CNCC. The Kier molecular flexibility index (Phi) is 8.26. The van der Waals surface area contributed by atoms with Crippen molar-refractivity contribution in [2.24, 2.45) is 5.41 Å². The zero-order valence-corrected chi connectivity index (χ0v) is 10.7. The van der Waals surface area contributed by atoms with E-state index in [1.54, 1.807) is 0 Å². The van der Waals surface area contributed by atoms with Gasteiger partial charge in [-0.15, -0.1) is 0 Å². The third-order valence-corrected chi connectivity index (χ3v) is 3.29. The number of hydrogen-bond donors (Lipinski definition) is 1. The molecule has 0 spiro atoms. The minimum Gasteiger partial charge on any atom is -0.316 e. The molecule has 0 aliphatic rings. The molecule has 0 aliphatic heterocycles. The fraction of sp³-hybridized carbons (Fsp3) is 1.00. The molecule has 0 aromatic carbocycles. The maximum absolute atomic E-state index is 3.48. The van der Waals surface area contributed by atoms with Gasteiger partial charge in [-0.3, -0.25) is 0 Å². The van der Waals surface area contributed by atoms with Gasteiger partial charge in [-0.05, 0) is 24.8 Å². The van der Waals surface area contributed by atoms with Gasteiger partial charge < -0.3 is 5.32 Å². The van der Waals surface area contributed by atoms with Gasteiger partial charge in [0.1, 0.15) is 0 Å². The van der Waals surface area contributed by atoms with Gasteiger partial charge in [0.05, 0.1) is 0 Å². The van der Waals surface area contributed by atoms with E-state index in [2.05, 4.69) is 33.0 Å². The molecule has 0 aromatic heterocycles. The summed E-state index contributed by atoms with van der Waals surface area (Å²) in [4.78, 5) is 0. The van der Waals surface area contributed by atoms with Gasteiger partial charge in [0.15, 0.2) is 0 Å². The van der Waals surface area contributed by atoms with Crippen molar-refractivity contribution in [1.82, 2.24) is 5.32 Å². The lowest BCUT2D eigenvalue weighted by Crippen LogP contribution is -2.31. The van der Waals surface area contributed by atoms with Crippen molar-refractivity contribution in [3.8, 4) is 0 Å². The molecule has 0 heterocycles. The Bertz CT molecular complexity index is 122. The first-order chi connectivity index (χ1) is 6.68. The highest BCUT2D eigenvalue weighted by Gasteiger charge is 2.20. The van der Waals surface area contributed by atoms with E-state index < -0.39 is 0 Å². The molecular weight excluding hydrogens is 170 g/mol. The number of unbranched alkanes of at least 4 members (excludes halogenated alkanes) is 3. The van der Waals surface area contributed by atoms with E-state index in [9.17, 15) is 0 Å². The lowest BCUT2D eigenvalue weighted by Gasteiger charge is -2.28. The van der Waals surface area contributed by atoms with Crippen molar-refractivity contribution in [3.63, 3.8) is 0 Å². The Labute approximate surface area is 90.7 Å². The van der Waals surface area contributed by atoms with Gasteiger partial charge >= 0.3 is 0 Å². The molecule has 0 saturated carbocycles. The monoisotopic (exact) mass is 199 g/mol. The third-order valence-electron chi connectivity index (χ3n) is 3.29. The fourth-order valence-corrected chi connectivity index (χ4v) is 1.80. The van der Waals surface area contributed by atoms with Crippen molar-refractivity contribution < 1.29 is 0 Å². The molecule has 0 rings (SSSR count). The van der Waals surface area contributed by atoms with Crippen LogP contribution in [0.4, 0.5) is 0 Å². The van der Waals surface area contributed by atoms with Crippen molar-refractivity contribution in [1.29, 1.82) is 0 Å². The summed E-state index contributed by atoms with van der Waals surface area (Å²) in [5.41, 5.74) is 0.531. The van der Waals surface area contributed by atoms with Gasteiger partial charge in [-0.1, -0.05) is 53.4 Å². The van der Waals surface area contributed by atoms with Crippen molar-refractivity contribution in [3.05, 3.63) is 0 Å². The molecule has 0 fully saturated rings. The molecule has 1 heteroatoms. The zero-order chi connectivity index (χ0) is 10.9. The molecule has 0 aromatic rings. The maximum Gasteiger partial charge on any atom is 0.000494 e. The molecule has 0 bridgehead atoms. The average molecular weight is 199 g/mol. The van der Waals surface area contributed by atoms with Gasteiger partial charge in [-0.25, -0.2) is 0 Å². The minimum atomic E-state index is 0.531. The van der Waals surface area contributed by atoms with Crippen molar-refractivity contribution in [2.45, 2.75) is 66.2 Å². The smallest absolute Gasteiger partial charge is 0.000494 e. The molecule has 86 valence electrons. The minimum absolute atomic E-state index is 0.531. The lowest BCUT2D eigenvalue weighted by molar-refractivity contribution is 0.261. The molecule has 1 nitrogen and oxygen atoms in total. The van der Waals surface area contributed by atoms with E-state index in [-0.39, 0.29) is 0 Å². The highest BCUT2D eigenvalue weighted by molar-refractivity contribution is 4.75. The van der Waals surface area contributed by atoms with Gasteiger partial charge in [0.25, 0.3) is 0 Å². The van der Waals surface area contributed by atoms with Crippen LogP contribution >= 0.6 is 0 Å². The normalized spacial score (nSPS) is 15.4. The number of nitrogens with one attached hydrogen (secondary N) is 1. The maximum atomic E-state index is 3.48. The number of hydrogen-bond acceptors (Lipinski definition) is 1. The van der Waals surface area contributed by atoms with E-state index in [0.29, 0.717) is 5.41 Å². The highest BCUT2D eigenvalue weighted by Crippen LogP contribution is 2.27. The van der Waals surface area contributed by atoms with Gasteiger partial charge in [0, 0.05) is 6.54 Å². The Morgan fingerprint density at radius 2 is 1.71 bits per heavy atom. The quantitative estimate of drug-likeness (QED) is 0.554. The predicted molar refractivity (Wildman–Crippen MR) is 65.7 cm³/mol. The fourth-order valence-electron chi connectivity index (χ4n) is 1.80. The molecule has 14 heavy (non-hydrogen) atoms. The summed E-state index contributed by atoms with van der Waals surface area (Å²) in [5, 5.41) is 3.48. The summed E-state index contributed by atoms with van der Waals surface area (Å²) in [6.45, 7) is 11.5. The Morgan fingerprint density at radius 1 is 1.00 bits per heavy atom. The van der Waals surface area contributed by atoms with Gasteiger partial charge in [-0.2, -0.15) is 0 Å². The third kappa shape index (κ3) is 6.42. The van der Waals surface area contributed by atoms with Crippen LogP contribution in [0.3, 0.4) is 0 Å². The summed E-state index contributed by atoms with van der Waals surface area (Å²) in [6.07, 6.45) is 8.25. The average Bonchev–Trinajstić information content (AvgIpc) is 2.22. The molecule has 1 unspecified atom stereocenters. The van der Waals surface area contributed by atoms with Crippen molar-refractivity contribution in [2.75, 3.05) is 13.1 Å². The van der Waals surface area contributed by atoms with Crippen LogP contribution in [0.15, 0.2) is 0 Å². The van der Waals surface area contributed by atoms with Gasteiger partial charge in [0.2, 0.25) is 0 Å². The summed E-state index contributed by atoms with van der Waals surface area (Å²) in [6, 6.07) is 0. The molecule has 0 aliphatic carbocycles. The largest absolute Gasteiger partial charge is 0.316 e. The standard InChI is InChI=1S/C13H29N/c1-5-8-9-10-11-13(4,6-2)12-14-7-3/h14H,5-12H2,1-4H3. The van der Waals surface area contributed by atoms with E-state index in [0.717, 1.165) is 6.54 Å². The van der Waals surface area contributed by atoms with Crippen LogP contribution in [0.2, 0.25) is 0 Å². The summed E-state index contributed by atoms with van der Waals surface area (Å²) >= 11 is 0. The second-order valence-electron chi connectivity index (χ2n) is 4.76. The lowest BCUT2D eigenvalue weighted by atomic mass is 9.82. The highest BCUT2D eigenvalue weighted by atomic mass is 14.9. The molecule has 1 atom stereocenters. The molecular formula is C13H29N. The van der Waals surface area contributed by atoms with E-state index in [1.165, 1.54) is 45.1 Å². The Morgan fingerprint density at radius 3 is 2.21 bits per heavy atom. The van der Waals surface area contributed by atoms with Crippen LogP contribution in [0.25, 0.3) is 0 Å². The van der Waals surface area contributed by atoms with Crippen LogP contribution < -0.4 is 5.32 Å². The zero-order valence-electron chi connectivity index (χ0n) is 10.7. The Balaban J connectivity index is 3.63. The summed E-state index contributed by atoms with van der Waals surface area (Å²) in [5.74, 6) is 0. The van der Waals surface area contributed by atoms with E-state index in [4.69, 9.17) is 0 Å². The second-order valence-corrected chi connectivity index (χ2v) is 4.76. The first-order valence-corrected chi connectivity index (χ1v) is 6.39. The van der Waals surface area contributed by atoms with Crippen LogP contribution in [0.5, 0.6) is 0 Å². The predicted octanol–water partition coefficient (Wildman–Crippen LogP) is 3.98. The van der Waals surface area contributed by atoms with Crippen LogP contribution in [-0.4, -0.2) is 13.1 Å². The summed E-state index contributed by atoms with van der Waals surface area (Å²) in [7, 11) is 0. The molecule has 0 saturated heterocycles. The Hall–Kier alpha value is -0.0400.